The van der Waals surface area contributed by atoms with Crippen LogP contribution >= 0.6 is 23.1 Å². The standard InChI is InChI=1S/C20H20N4O4S3/c1-3-13-29-20-23-22-19(30-20)21-18(25)14-24(15-9-11-16(28-2)12-10-15)31(26,27)17-7-5-4-6-8-17/h3-12H,1,13-14H2,2H3,(H,21,22,25). The van der Waals surface area contributed by atoms with E-state index < -0.39 is 22.5 Å². The topological polar surface area (TPSA) is 101 Å². The average molecular weight is 477 g/mol. The van der Waals surface area contributed by atoms with Gasteiger partial charge in [-0.3, -0.25) is 14.4 Å². The molecule has 0 spiro atoms. The largest absolute Gasteiger partial charge is 0.497 e. The maximum Gasteiger partial charge on any atom is 0.264 e. The zero-order valence-corrected chi connectivity index (χ0v) is 19.0. The van der Waals surface area contributed by atoms with Crippen LogP contribution in [0.3, 0.4) is 0 Å². The van der Waals surface area contributed by atoms with Gasteiger partial charge in [0.2, 0.25) is 11.0 Å². The van der Waals surface area contributed by atoms with Gasteiger partial charge in [0.05, 0.1) is 17.7 Å². The number of carbonyl (C=O) groups excluding carboxylic acids is 1. The minimum absolute atomic E-state index is 0.0812. The number of anilines is 2. The second-order valence-electron chi connectivity index (χ2n) is 6.04. The Balaban J connectivity index is 1.84. The smallest absolute Gasteiger partial charge is 0.264 e. The molecule has 0 bridgehead atoms. The van der Waals surface area contributed by atoms with Gasteiger partial charge >= 0.3 is 0 Å². The quantitative estimate of drug-likeness (QED) is 0.271. The Bertz CT molecular complexity index is 1130. The number of aromatic nitrogens is 2. The first-order valence-electron chi connectivity index (χ1n) is 9.03. The summed E-state index contributed by atoms with van der Waals surface area (Å²) < 4.78 is 33.4. The van der Waals surface area contributed by atoms with Crippen LogP contribution in [0.1, 0.15) is 0 Å². The maximum absolute atomic E-state index is 13.3. The van der Waals surface area contributed by atoms with Crippen molar-refractivity contribution < 1.29 is 17.9 Å². The van der Waals surface area contributed by atoms with Crippen LogP contribution in [0.5, 0.6) is 5.75 Å². The van der Waals surface area contributed by atoms with Crippen molar-refractivity contribution in [3.63, 3.8) is 0 Å². The Morgan fingerprint density at radius 1 is 1.19 bits per heavy atom. The number of nitrogens with one attached hydrogen (secondary N) is 1. The van der Waals surface area contributed by atoms with Gasteiger partial charge in [-0.1, -0.05) is 47.4 Å². The molecule has 3 rings (SSSR count). The van der Waals surface area contributed by atoms with Gasteiger partial charge in [-0.05, 0) is 36.4 Å². The number of methoxy groups -OCH3 is 1. The summed E-state index contributed by atoms with van der Waals surface area (Å²) in [6.07, 6.45) is 1.74. The van der Waals surface area contributed by atoms with Crippen LogP contribution in [-0.2, 0) is 14.8 Å². The number of thioether (sulfide) groups is 1. The van der Waals surface area contributed by atoms with Gasteiger partial charge < -0.3 is 4.74 Å². The van der Waals surface area contributed by atoms with Crippen LogP contribution in [0.4, 0.5) is 10.8 Å². The van der Waals surface area contributed by atoms with Crippen molar-refractivity contribution in [1.29, 1.82) is 0 Å². The van der Waals surface area contributed by atoms with Gasteiger partial charge in [0.25, 0.3) is 10.0 Å². The molecule has 1 aromatic heterocycles. The molecule has 162 valence electrons. The number of nitrogens with zero attached hydrogens (tertiary/aromatic N) is 3. The lowest BCUT2D eigenvalue weighted by atomic mass is 10.3. The zero-order chi connectivity index (χ0) is 22.3. The predicted molar refractivity (Wildman–Crippen MR) is 123 cm³/mol. The number of ether oxygens (including phenoxy) is 1. The van der Waals surface area contributed by atoms with Crippen LogP contribution in [0.15, 0.2) is 76.5 Å². The first-order chi connectivity index (χ1) is 14.9. The Morgan fingerprint density at radius 2 is 1.90 bits per heavy atom. The van der Waals surface area contributed by atoms with Crippen molar-refractivity contribution in [1.82, 2.24) is 10.2 Å². The van der Waals surface area contributed by atoms with E-state index in [0.717, 1.165) is 4.31 Å². The third kappa shape index (κ3) is 5.84. The monoisotopic (exact) mass is 476 g/mol. The molecule has 8 nitrogen and oxygen atoms in total. The van der Waals surface area contributed by atoms with Crippen LogP contribution in [-0.4, -0.2) is 43.9 Å². The molecule has 0 unspecified atom stereocenters. The predicted octanol–water partition coefficient (Wildman–Crippen LogP) is 3.66. The number of sulfonamides is 1. The lowest BCUT2D eigenvalue weighted by molar-refractivity contribution is -0.114. The maximum atomic E-state index is 13.3. The lowest BCUT2D eigenvalue weighted by Crippen LogP contribution is -2.38. The van der Waals surface area contributed by atoms with E-state index in [4.69, 9.17) is 4.74 Å². The zero-order valence-electron chi connectivity index (χ0n) is 16.6. The van der Waals surface area contributed by atoms with E-state index in [1.165, 1.54) is 42.3 Å². The summed E-state index contributed by atoms with van der Waals surface area (Å²) in [5.41, 5.74) is 0.333. The van der Waals surface area contributed by atoms with E-state index in [1.54, 1.807) is 48.5 Å². The number of amides is 1. The summed E-state index contributed by atoms with van der Waals surface area (Å²) in [6.45, 7) is 3.21. The second kappa shape index (κ2) is 10.4. The highest BCUT2D eigenvalue weighted by Gasteiger charge is 2.27. The van der Waals surface area contributed by atoms with Crippen LogP contribution in [0.2, 0.25) is 0 Å². The normalized spacial score (nSPS) is 11.0. The molecule has 11 heteroatoms. The highest BCUT2D eigenvalue weighted by atomic mass is 32.2. The van der Waals surface area contributed by atoms with Gasteiger partial charge in [-0.15, -0.1) is 16.8 Å². The van der Waals surface area contributed by atoms with Crippen molar-refractivity contribution in [2.24, 2.45) is 0 Å². The number of carbonyl (C=O) groups is 1. The van der Waals surface area contributed by atoms with Crippen molar-refractivity contribution in [3.05, 3.63) is 67.3 Å². The third-order valence-corrected chi connectivity index (χ3v) is 7.71. The van der Waals surface area contributed by atoms with E-state index in [2.05, 4.69) is 22.1 Å². The minimum atomic E-state index is -3.98. The summed E-state index contributed by atoms with van der Waals surface area (Å²) >= 11 is 2.65. The second-order valence-corrected chi connectivity index (χ2v) is 10.2. The molecule has 0 saturated carbocycles. The lowest BCUT2D eigenvalue weighted by Gasteiger charge is -2.24. The molecule has 0 fully saturated rings. The fraction of sp³-hybridized carbons (Fsp3) is 0.150. The Morgan fingerprint density at radius 3 is 2.55 bits per heavy atom. The molecular weight excluding hydrogens is 456 g/mol. The summed E-state index contributed by atoms with van der Waals surface area (Å²) in [7, 11) is -2.47. The molecule has 1 heterocycles. The molecule has 0 radical (unpaired) electrons. The fourth-order valence-corrected chi connectivity index (χ4v) is 5.49. The number of rotatable bonds is 10. The van der Waals surface area contributed by atoms with E-state index in [0.29, 0.717) is 26.7 Å². The Labute approximate surface area is 189 Å². The van der Waals surface area contributed by atoms with Gasteiger partial charge in [0.1, 0.15) is 12.3 Å². The van der Waals surface area contributed by atoms with Crippen molar-refractivity contribution >= 4 is 49.8 Å². The molecule has 3 aromatic rings. The van der Waals surface area contributed by atoms with Gasteiger partial charge in [-0.2, -0.15) is 0 Å². The van der Waals surface area contributed by atoms with Crippen molar-refractivity contribution in [2.45, 2.75) is 9.24 Å². The first kappa shape index (κ1) is 22.8. The molecule has 0 aliphatic heterocycles. The van der Waals surface area contributed by atoms with Gasteiger partial charge in [0, 0.05) is 5.75 Å². The molecule has 31 heavy (non-hydrogen) atoms. The molecule has 2 aromatic carbocycles. The molecule has 0 atom stereocenters. The number of benzene rings is 2. The average Bonchev–Trinajstić information content (AvgIpc) is 3.23. The molecule has 1 N–H and O–H groups in total. The minimum Gasteiger partial charge on any atom is -0.497 e. The summed E-state index contributed by atoms with van der Waals surface area (Å²) in [5.74, 6) is 0.707. The molecule has 0 aliphatic rings. The van der Waals surface area contributed by atoms with E-state index in [-0.39, 0.29) is 4.90 Å². The van der Waals surface area contributed by atoms with Crippen molar-refractivity contribution in [3.8, 4) is 5.75 Å². The molecule has 0 aliphatic carbocycles. The highest BCUT2D eigenvalue weighted by molar-refractivity contribution is 8.01. The summed E-state index contributed by atoms with van der Waals surface area (Å²) in [5, 5.41) is 10.8. The van der Waals surface area contributed by atoms with Crippen LogP contribution in [0.25, 0.3) is 0 Å². The Hall–Kier alpha value is -2.89. The van der Waals surface area contributed by atoms with E-state index >= 15 is 0 Å². The number of hydrogen-bond acceptors (Lipinski definition) is 8. The third-order valence-electron chi connectivity index (χ3n) is 3.96. The molecule has 1 amide bonds. The van der Waals surface area contributed by atoms with Crippen LogP contribution < -0.4 is 14.4 Å². The first-order valence-corrected chi connectivity index (χ1v) is 12.3. The van der Waals surface area contributed by atoms with E-state index in [9.17, 15) is 13.2 Å². The van der Waals surface area contributed by atoms with Gasteiger partial charge in [-0.25, -0.2) is 8.42 Å². The molecular formula is C20H20N4O4S3. The Kier molecular flexibility index (Phi) is 7.66. The summed E-state index contributed by atoms with van der Waals surface area (Å²) in [4.78, 5) is 12.8. The fourth-order valence-electron chi connectivity index (χ4n) is 2.52. The highest BCUT2D eigenvalue weighted by Crippen LogP contribution is 2.27. The molecule has 0 saturated heterocycles. The van der Waals surface area contributed by atoms with Crippen LogP contribution in [0, 0.1) is 0 Å². The SMILES string of the molecule is C=CCSc1nnc(NC(=O)CN(c2ccc(OC)cc2)S(=O)(=O)c2ccccc2)s1. The van der Waals surface area contributed by atoms with E-state index in [1.807, 2.05) is 0 Å². The van der Waals surface area contributed by atoms with Gasteiger partial charge in [0.15, 0.2) is 4.34 Å². The van der Waals surface area contributed by atoms with Crippen molar-refractivity contribution in [2.75, 3.05) is 29.0 Å². The number of hydrogen-bond donors (Lipinski definition) is 1. The summed E-state index contributed by atoms with van der Waals surface area (Å²) in [6, 6.07) is 14.4.